The van der Waals surface area contributed by atoms with Crippen molar-refractivity contribution in [3.63, 3.8) is 0 Å². The lowest BCUT2D eigenvalue weighted by Crippen LogP contribution is -2.09. The average molecular weight is 739 g/mol. The molecule has 11 aromatic rings. The minimum absolute atomic E-state index is 1.10. The highest BCUT2D eigenvalue weighted by Gasteiger charge is 2.16. The van der Waals surface area contributed by atoms with E-state index in [1.165, 1.54) is 76.7 Å². The molecule has 0 aliphatic rings. The lowest BCUT2D eigenvalue weighted by molar-refractivity contribution is 1.18. The molecule has 10 aromatic carbocycles. The standard InChI is InChI=1S/C56H38N2/c1-2-12-39(13-3-1)40-22-30-45(31-23-40)57(47-36-28-43(29-37-47)54-38-44-14-4-5-15-49(44)50-16-6-7-17-51(50)54)46-32-24-41(25-33-46)42-26-34-48(35-27-42)58-55-20-10-8-18-52(55)53-19-9-11-21-56(53)58/h1-38H. The molecule has 58 heavy (non-hydrogen) atoms. The number of hydrogen-bond donors (Lipinski definition) is 0. The Balaban J connectivity index is 0.956. The quantitative estimate of drug-likeness (QED) is 0.148. The first-order valence-corrected chi connectivity index (χ1v) is 19.9. The molecule has 2 nitrogen and oxygen atoms in total. The van der Waals surface area contributed by atoms with E-state index >= 15 is 0 Å². The van der Waals surface area contributed by atoms with Crippen LogP contribution >= 0.6 is 0 Å². The minimum atomic E-state index is 1.10. The predicted molar refractivity (Wildman–Crippen MR) is 247 cm³/mol. The summed E-state index contributed by atoms with van der Waals surface area (Å²) in [5.74, 6) is 0. The zero-order valence-electron chi connectivity index (χ0n) is 31.8. The molecule has 0 saturated carbocycles. The third kappa shape index (κ3) is 5.82. The topological polar surface area (TPSA) is 8.17 Å². The van der Waals surface area contributed by atoms with E-state index in [4.69, 9.17) is 0 Å². The molecule has 11 rings (SSSR count). The van der Waals surface area contributed by atoms with Crippen LogP contribution in [0.4, 0.5) is 17.1 Å². The van der Waals surface area contributed by atoms with Crippen molar-refractivity contribution in [2.45, 2.75) is 0 Å². The number of aromatic nitrogens is 1. The van der Waals surface area contributed by atoms with E-state index in [0.717, 1.165) is 22.7 Å². The SMILES string of the molecule is c1ccc(-c2ccc(N(c3ccc(-c4ccc(-n5c6ccccc6c6ccccc65)cc4)cc3)c3ccc(-c4cc5ccccc5c5ccccc45)cc3)cc2)cc1. The van der Waals surface area contributed by atoms with Crippen LogP contribution in [0.2, 0.25) is 0 Å². The molecule has 0 spiro atoms. The molecule has 0 aliphatic carbocycles. The molecular formula is C56H38N2. The molecule has 0 bridgehead atoms. The van der Waals surface area contributed by atoms with Crippen molar-refractivity contribution in [2.24, 2.45) is 0 Å². The van der Waals surface area contributed by atoms with Gasteiger partial charge in [-0.3, -0.25) is 0 Å². The van der Waals surface area contributed by atoms with E-state index < -0.39 is 0 Å². The summed E-state index contributed by atoms with van der Waals surface area (Å²) in [6, 6.07) is 83.6. The predicted octanol–water partition coefficient (Wildman–Crippen LogP) is 15.6. The number of anilines is 3. The minimum Gasteiger partial charge on any atom is -0.311 e. The van der Waals surface area contributed by atoms with Crippen LogP contribution in [0.3, 0.4) is 0 Å². The Morgan fingerprint density at radius 2 is 0.672 bits per heavy atom. The number of nitrogens with zero attached hydrogens (tertiary/aromatic N) is 2. The fourth-order valence-corrected chi connectivity index (χ4v) is 8.77. The monoisotopic (exact) mass is 738 g/mol. The van der Waals surface area contributed by atoms with Crippen LogP contribution in [-0.4, -0.2) is 4.57 Å². The van der Waals surface area contributed by atoms with E-state index in [2.05, 4.69) is 240 Å². The molecule has 2 heteroatoms. The first-order chi connectivity index (χ1) is 28.8. The number of rotatable bonds is 7. The molecule has 0 radical (unpaired) electrons. The van der Waals surface area contributed by atoms with Gasteiger partial charge in [0.15, 0.2) is 0 Å². The van der Waals surface area contributed by atoms with Crippen LogP contribution in [0.15, 0.2) is 231 Å². The number of benzene rings is 10. The molecule has 0 fully saturated rings. The Morgan fingerprint density at radius 1 is 0.276 bits per heavy atom. The highest BCUT2D eigenvalue weighted by Crippen LogP contribution is 2.40. The van der Waals surface area contributed by atoms with Gasteiger partial charge >= 0.3 is 0 Å². The van der Waals surface area contributed by atoms with Gasteiger partial charge < -0.3 is 9.47 Å². The van der Waals surface area contributed by atoms with Gasteiger partial charge in [0.2, 0.25) is 0 Å². The van der Waals surface area contributed by atoms with Crippen molar-refractivity contribution < 1.29 is 0 Å². The summed E-state index contributed by atoms with van der Waals surface area (Å²) in [5.41, 5.74) is 14.1. The van der Waals surface area contributed by atoms with Gasteiger partial charge in [0.05, 0.1) is 11.0 Å². The Bertz CT molecular complexity index is 3180. The van der Waals surface area contributed by atoms with Gasteiger partial charge in [-0.15, -0.1) is 0 Å². The summed E-state index contributed by atoms with van der Waals surface area (Å²) >= 11 is 0. The first-order valence-electron chi connectivity index (χ1n) is 19.9. The number of fused-ring (bicyclic) bond motifs is 6. The molecule has 1 aromatic heterocycles. The van der Waals surface area contributed by atoms with E-state index in [-0.39, 0.29) is 0 Å². The fraction of sp³-hybridized carbons (Fsp3) is 0. The van der Waals surface area contributed by atoms with Crippen molar-refractivity contribution in [1.82, 2.24) is 4.57 Å². The van der Waals surface area contributed by atoms with Crippen LogP contribution in [0.1, 0.15) is 0 Å². The van der Waals surface area contributed by atoms with Gasteiger partial charge in [0.1, 0.15) is 0 Å². The molecule has 0 aliphatic heterocycles. The molecule has 0 unspecified atom stereocenters. The Hall–Kier alpha value is -7.68. The largest absolute Gasteiger partial charge is 0.311 e. The van der Waals surface area contributed by atoms with Gasteiger partial charge in [-0.1, -0.05) is 164 Å². The first kappa shape index (κ1) is 33.6. The van der Waals surface area contributed by atoms with Crippen molar-refractivity contribution in [3.05, 3.63) is 231 Å². The highest BCUT2D eigenvalue weighted by molar-refractivity contribution is 6.14. The summed E-state index contributed by atoms with van der Waals surface area (Å²) in [6.45, 7) is 0. The highest BCUT2D eigenvalue weighted by atomic mass is 15.1. The van der Waals surface area contributed by atoms with Crippen LogP contribution in [0.25, 0.3) is 82.4 Å². The molecule has 0 saturated heterocycles. The number of para-hydroxylation sites is 2. The van der Waals surface area contributed by atoms with Gasteiger partial charge in [-0.2, -0.15) is 0 Å². The van der Waals surface area contributed by atoms with Crippen LogP contribution in [-0.2, 0) is 0 Å². The maximum atomic E-state index is 2.37. The second-order valence-corrected chi connectivity index (χ2v) is 14.9. The Labute approximate surface area is 338 Å². The Kier molecular flexibility index (Phi) is 8.19. The summed E-state index contributed by atoms with van der Waals surface area (Å²) in [7, 11) is 0. The van der Waals surface area contributed by atoms with Crippen LogP contribution < -0.4 is 4.90 Å². The molecule has 0 amide bonds. The van der Waals surface area contributed by atoms with Gasteiger partial charge in [0.25, 0.3) is 0 Å². The van der Waals surface area contributed by atoms with E-state index in [1.54, 1.807) is 0 Å². The van der Waals surface area contributed by atoms with Crippen molar-refractivity contribution >= 4 is 60.4 Å². The lowest BCUT2D eigenvalue weighted by Gasteiger charge is -2.26. The maximum Gasteiger partial charge on any atom is 0.0541 e. The average Bonchev–Trinajstić information content (AvgIpc) is 3.64. The third-order valence-electron chi connectivity index (χ3n) is 11.6. The summed E-state index contributed by atoms with van der Waals surface area (Å²) < 4.78 is 2.37. The molecule has 0 N–H and O–H groups in total. The second-order valence-electron chi connectivity index (χ2n) is 14.9. The molecule has 272 valence electrons. The van der Waals surface area contributed by atoms with Crippen LogP contribution in [0, 0.1) is 0 Å². The summed E-state index contributed by atoms with van der Waals surface area (Å²) in [5, 5.41) is 7.62. The molecule has 1 heterocycles. The zero-order chi connectivity index (χ0) is 38.4. The van der Waals surface area contributed by atoms with E-state index in [1.807, 2.05) is 0 Å². The van der Waals surface area contributed by atoms with E-state index in [9.17, 15) is 0 Å². The van der Waals surface area contributed by atoms with E-state index in [0.29, 0.717) is 0 Å². The smallest absolute Gasteiger partial charge is 0.0541 e. The zero-order valence-corrected chi connectivity index (χ0v) is 31.8. The van der Waals surface area contributed by atoms with Gasteiger partial charge in [-0.25, -0.2) is 0 Å². The summed E-state index contributed by atoms with van der Waals surface area (Å²) in [4.78, 5) is 2.35. The van der Waals surface area contributed by atoms with Gasteiger partial charge in [0, 0.05) is 33.5 Å². The maximum absolute atomic E-state index is 2.37. The number of hydrogen-bond acceptors (Lipinski definition) is 1. The van der Waals surface area contributed by atoms with Gasteiger partial charge in [-0.05, 0) is 122 Å². The Morgan fingerprint density at radius 3 is 1.22 bits per heavy atom. The lowest BCUT2D eigenvalue weighted by atomic mass is 9.93. The third-order valence-corrected chi connectivity index (χ3v) is 11.6. The van der Waals surface area contributed by atoms with Crippen molar-refractivity contribution in [3.8, 4) is 39.1 Å². The molecule has 0 atom stereocenters. The second kappa shape index (κ2) is 14.1. The van der Waals surface area contributed by atoms with Crippen molar-refractivity contribution in [1.29, 1.82) is 0 Å². The normalized spacial score (nSPS) is 11.4. The van der Waals surface area contributed by atoms with Crippen molar-refractivity contribution in [2.75, 3.05) is 4.90 Å². The molecular weight excluding hydrogens is 701 g/mol. The fourth-order valence-electron chi connectivity index (χ4n) is 8.77. The summed E-state index contributed by atoms with van der Waals surface area (Å²) in [6.07, 6.45) is 0. The van der Waals surface area contributed by atoms with Crippen LogP contribution in [0.5, 0.6) is 0 Å².